The average molecular weight is 278 g/mol. The number of amides is 1. The Morgan fingerprint density at radius 1 is 1.28 bits per heavy atom. The number of sulfonamides is 1. The minimum absolute atomic E-state index is 0.401. The molecule has 1 aromatic carbocycles. The predicted molar refractivity (Wildman–Crippen MR) is 62.6 cm³/mol. The molecule has 8 heteroatoms. The number of carbonyl (C=O) groups is 1. The van der Waals surface area contributed by atoms with Gasteiger partial charge in [0.1, 0.15) is 11.6 Å². The van der Waals surface area contributed by atoms with Crippen molar-refractivity contribution in [3.63, 3.8) is 0 Å². The molecule has 1 amide bonds. The van der Waals surface area contributed by atoms with Crippen molar-refractivity contribution in [1.29, 1.82) is 0 Å². The van der Waals surface area contributed by atoms with Crippen LogP contribution < -0.4 is 10.5 Å². The molecular formula is C10H12F2N2O3S. The molecule has 100 valence electrons. The van der Waals surface area contributed by atoms with Gasteiger partial charge in [-0.2, -0.15) is 0 Å². The van der Waals surface area contributed by atoms with Gasteiger partial charge >= 0.3 is 0 Å². The molecule has 3 N–H and O–H groups in total. The number of nitrogens with one attached hydrogen (secondary N) is 1. The topological polar surface area (TPSA) is 89.3 Å². The fraction of sp³-hybridized carbons (Fsp3) is 0.300. The van der Waals surface area contributed by atoms with E-state index in [1.807, 2.05) is 4.72 Å². The Hall–Kier alpha value is -1.70. The van der Waals surface area contributed by atoms with Crippen molar-refractivity contribution < 1.29 is 22.0 Å². The van der Waals surface area contributed by atoms with Gasteiger partial charge in [0.15, 0.2) is 0 Å². The summed E-state index contributed by atoms with van der Waals surface area (Å²) < 4.78 is 51.5. The van der Waals surface area contributed by atoms with Crippen LogP contribution in [0, 0.1) is 11.6 Å². The zero-order chi connectivity index (χ0) is 14.1. The van der Waals surface area contributed by atoms with Gasteiger partial charge in [-0.3, -0.25) is 9.52 Å². The van der Waals surface area contributed by atoms with E-state index in [0.717, 1.165) is 6.07 Å². The molecule has 5 nitrogen and oxygen atoms in total. The largest absolute Gasteiger partial charge is 0.366 e. The van der Waals surface area contributed by atoms with Crippen LogP contribution in [0.1, 0.15) is 24.2 Å². The van der Waals surface area contributed by atoms with E-state index < -0.39 is 44.1 Å². The Morgan fingerprint density at radius 3 is 2.28 bits per heavy atom. The number of halogens is 2. The third-order valence-corrected chi connectivity index (χ3v) is 3.94. The Balaban J connectivity index is 3.27. The van der Waals surface area contributed by atoms with E-state index in [2.05, 4.69) is 0 Å². The lowest BCUT2D eigenvalue weighted by molar-refractivity contribution is 0.0996. The summed E-state index contributed by atoms with van der Waals surface area (Å²) in [5, 5.41) is -0.806. The molecule has 0 spiro atoms. The molecule has 0 atom stereocenters. The van der Waals surface area contributed by atoms with E-state index in [-0.39, 0.29) is 0 Å². The van der Waals surface area contributed by atoms with E-state index in [1.54, 1.807) is 0 Å². The molecule has 0 bridgehead atoms. The molecule has 0 aliphatic rings. The van der Waals surface area contributed by atoms with Crippen molar-refractivity contribution in [1.82, 2.24) is 0 Å². The van der Waals surface area contributed by atoms with Crippen LogP contribution in [0.2, 0.25) is 0 Å². The van der Waals surface area contributed by atoms with Crippen molar-refractivity contribution in [2.24, 2.45) is 5.73 Å². The van der Waals surface area contributed by atoms with Crippen molar-refractivity contribution >= 4 is 21.6 Å². The number of nitrogens with two attached hydrogens (primary N) is 1. The number of hydrogen-bond acceptors (Lipinski definition) is 3. The quantitative estimate of drug-likeness (QED) is 0.867. The van der Waals surface area contributed by atoms with Crippen LogP contribution in [-0.4, -0.2) is 19.6 Å². The first kappa shape index (κ1) is 14.4. The van der Waals surface area contributed by atoms with Gasteiger partial charge in [-0.1, -0.05) is 0 Å². The maximum absolute atomic E-state index is 13.4. The lowest BCUT2D eigenvalue weighted by Gasteiger charge is -2.12. The number of anilines is 1. The minimum atomic E-state index is -3.79. The number of benzene rings is 1. The maximum atomic E-state index is 13.4. The highest BCUT2D eigenvalue weighted by Crippen LogP contribution is 2.21. The summed E-state index contributed by atoms with van der Waals surface area (Å²) >= 11 is 0. The first-order chi connectivity index (χ1) is 8.15. The Kier molecular flexibility index (Phi) is 3.90. The summed E-state index contributed by atoms with van der Waals surface area (Å²) in [5.74, 6) is -3.38. The second kappa shape index (κ2) is 4.89. The summed E-state index contributed by atoms with van der Waals surface area (Å²) in [7, 11) is -3.79. The maximum Gasteiger partial charge on any atom is 0.251 e. The van der Waals surface area contributed by atoms with Gasteiger partial charge in [0, 0.05) is 6.07 Å². The van der Waals surface area contributed by atoms with Crippen LogP contribution in [0.25, 0.3) is 0 Å². The Bertz CT molecular complexity index is 585. The van der Waals surface area contributed by atoms with Gasteiger partial charge in [0.2, 0.25) is 10.0 Å². The van der Waals surface area contributed by atoms with E-state index in [1.165, 1.54) is 13.8 Å². The SMILES string of the molecule is CC(C)S(=O)(=O)Nc1cc(C(N)=O)c(F)cc1F. The number of carbonyl (C=O) groups excluding carboxylic acids is 1. The van der Waals surface area contributed by atoms with Crippen LogP contribution in [0.4, 0.5) is 14.5 Å². The molecule has 0 aliphatic carbocycles. The van der Waals surface area contributed by atoms with Crippen LogP contribution in [0.3, 0.4) is 0 Å². The predicted octanol–water partition coefficient (Wildman–Crippen LogP) is 1.21. The second-order valence-corrected chi connectivity index (χ2v) is 6.11. The molecule has 1 rings (SSSR count). The summed E-state index contributed by atoms with van der Waals surface area (Å²) in [6.45, 7) is 2.78. The van der Waals surface area contributed by atoms with Gasteiger partial charge in [0.25, 0.3) is 5.91 Å². The third kappa shape index (κ3) is 2.95. The molecule has 0 heterocycles. The van der Waals surface area contributed by atoms with Crippen LogP contribution in [0.15, 0.2) is 12.1 Å². The summed E-state index contributed by atoms with van der Waals surface area (Å²) in [6, 6.07) is 1.13. The summed E-state index contributed by atoms with van der Waals surface area (Å²) in [6.07, 6.45) is 0. The van der Waals surface area contributed by atoms with Gasteiger partial charge in [-0.15, -0.1) is 0 Å². The highest BCUT2D eigenvalue weighted by atomic mass is 32.2. The van der Waals surface area contributed by atoms with Crippen molar-refractivity contribution in [2.45, 2.75) is 19.1 Å². The Morgan fingerprint density at radius 2 is 1.83 bits per heavy atom. The molecule has 0 unspecified atom stereocenters. The fourth-order valence-corrected chi connectivity index (χ4v) is 1.79. The molecule has 0 fully saturated rings. The molecule has 0 aliphatic heterocycles. The third-order valence-electron chi connectivity index (χ3n) is 2.20. The smallest absolute Gasteiger partial charge is 0.251 e. The summed E-state index contributed by atoms with van der Waals surface area (Å²) in [5.41, 5.74) is 3.78. The number of hydrogen-bond donors (Lipinski definition) is 2. The molecule has 0 radical (unpaired) electrons. The monoisotopic (exact) mass is 278 g/mol. The molecule has 0 saturated heterocycles. The zero-order valence-corrected chi connectivity index (χ0v) is 10.5. The molecular weight excluding hydrogens is 266 g/mol. The lowest BCUT2D eigenvalue weighted by atomic mass is 10.2. The second-order valence-electron chi connectivity index (χ2n) is 3.87. The van der Waals surface area contributed by atoms with E-state index >= 15 is 0 Å². The van der Waals surface area contributed by atoms with E-state index in [0.29, 0.717) is 6.07 Å². The van der Waals surface area contributed by atoms with E-state index in [9.17, 15) is 22.0 Å². The average Bonchev–Trinajstić information content (AvgIpc) is 2.21. The van der Waals surface area contributed by atoms with Crippen LogP contribution in [0.5, 0.6) is 0 Å². The molecule has 18 heavy (non-hydrogen) atoms. The lowest BCUT2D eigenvalue weighted by Crippen LogP contribution is -2.24. The van der Waals surface area contributed by atoms with Gasteiger partial charge in [-0.25, -0.2) is 17.2 Å². The van der Waals surface area contributed by atoms with Crippen molar-refractivity contribution in [2.75, 3.05) is 4.72 Å². The highest BCUT2D eigenvalue weighted by molar-refractivity contribution is 7.93. The zero-order valence-electron chi connectivity index (χ0n) is 9.70. The van der Waals surface area contributed by atoms with Crippen LogP contribution >= 0.6 is 0 Å². The first-order valence-electron chi connectivity index (χ1n) is 4.95. The Labute approximate surface area is 103 Å². The molecule has 0 aromatic heterocycles. The summed E-state index contributed by atoms with van der Waals surface area (Å²) in [4.78, 5) is 10.9. The molecule has 1 aromatic rings. The number of primary amides is 1. The van der Waals surface area contributed by atoms with E-state index in [4.69, 9.17) is 5.73 Å². The van der Waals surface area contributed by atoms with Crippen LogP contribution in [-0.2, 0) is 10.0 Å². The van der Waals surface area contributed by atoms with Gasteiger partial charge in [-0.05, 0) is 19.9 Å². The fourth-order valence-electron chi connectivity index (χ4n) is 1.09. The minimum Gasteiger partial charge on any atom is -0.366 e. The highest BCUT2D eigenvalue weighted by Gasteiger charge is 2.20. The van der Waals surface area contributed by atoms with Gasteiger partial charge < -0.3 is 5.73 Å². The standard InChI is InChI=1S/C10H12F2N2O3S/c1-5(2)18(16,17)14-9-3-6(10(13)15)7(11)4-8(9)12/h3-5,14H,1-2H3,(H2,13,15). The first-order valence-corrected chi connectivity index (χ1v) is 6.50. The molecule has 0 saturated carbocycles. The number of rotatable bonds is 4. The van der Waals surface area contributed by atoms with Crippen molar-refractivity contribution in [3.05, 3.63) is 29.3 Å². The van der Waals surface area contributed by atoms with Crippen molar-refractivity contribution in [3.8, 4) is 0 Å². The normalized spacial score (nSPS) is 11.6. The van der Waals surface area contributed by atoms with Gasteiger partial charge in [0.05, 0.1) is 16.5 Å².